The van der Waals surface area contributed by atoms with Gasteiger partial charge < -0.3 is 9.52 Å². The normalized spacial score (nSPS) is 24.3. The van der Waals surface area contributed by atoms with Crippen molar-refractivity contribution >= 4 is 48.6 Å². The van der Waals surface area contributed by atoms with Crippen LogP contribution in [-0.2, 0) is 16.6 Å². The Balaban J connectivity index is 2.07. The molecule has 0 amide bonds. The Labute approximate surface area is 200 Å². The molecular formula is C26H28Br2O3. The highest BCUT2D eigenvalue weighted by Crippen LogP contribution is 2.56. The topological polar surface area (TPSA) is 50.4 Å². The maximum absolute atomic E-state index is 14.0. The lowest BCUT2D eigenvalue weighted by Gasteiger charge is -2.48. The van der Waals surface area contributed by atoms with Crippen molar-refractivity contribution in [2.24, 2.45) is 11.8 Å². The van der Waals surface area contributed by atoms with Crippen LogP contribution in [0.25, 0.3) is 11.0 Å². The monoisotopic (exact) mass is 546 g/mol. The number of benzene rings is 2. The number of Topliss-reactive ketones (excluding diaryl/α,β-unsaturated/α-hetero) is 1. The molecule has 5 heteroatoms. The number of hydrogen-bond donors (Lipinski definition) is 1. The maximum Gasteiger partial charge on any atom is 0.144 e. The zero-order valence-electron chi connectivity index (χ0n) is 18.3. The van der Waals surface area contributed by atoms with E-state index in [4.69, 9.17) is 4.42 Å². The van der Waals surface area contributed by atoms with Gasteiger partial charge in [0.2, 0.25) is 0 Å². The fourth-order valence-electron chi connectivity index (χ4n) is 5.68. The van der Waals surface area contributed by atoms with Gasteiger partial charge in [-0.25, -0.2) is 0 Å². The van der Waals surface area contributed by atoms with E-state index in [0.29, 0.717) is 21.3 Å². The molecule has 1 heterocycles. The molecule has 2 aromatic carbocycles. The summed E-state index contributed by atoms with van der Waals surface area (Å²) in [6.45, 7) is 8.57. The fraction of sp³-hybridized carbons (Fsp3) is 0.423. The number of furan rings is 1. The van der Waals surface area contributed by atoms with E-state index in [2.05, 4.69) is 65.6 Å². The zero-order valence-corrected chi connectivity index (χ0v) is 21.5. The summed E-state index contributed by atoms with van der Waals surface area (Å²) in [5.74, 6) is 1.74. The number of phenols is 1. The number of fused-ring (bicyclic) bond motifs is 1. The standard InChI is InChI=1S/C26H28Br2O3/c1-5-21-24(17-8-6-7-9-22(17)31-21)18-10-15(4)11-23(29)26(18,14(2)3)16-12-19(27)25(30)20(28)13-16/h6-9,12-15,18,30H,5,10-11H2,1-4H3. The maximum atomic E-state index is 14.0. The van der Waals surface area contributed by atoms with E-state index in [-0.39, 0.29) is 23.4 Å². The van der Waals surface area contributed by atoms with Crippen LogP contribution in [0.15, 0.2) is 49.8 Å². The number of para-hydroxylation sites is 1. The van der Waals surface area contributed by atoms with Gasteiger partial charge in [-0.05, 0) is 73.9 Å². The number of aryl methyl sites for hydroxylation is 1. The minimum atomic E-state index is -0.707. The van der Waals surface area contributed by atoms with Crippen LogP contribution in [-0.4, -0.2) is 10.9 Å². The third-order valence-corrected chi connectivity index (χ3v) is 8.18. The van der Waals surface area contributed by atoms with Gasteiger partial charge in [-0.3, -0.25) is 4.79 Å². The Hall–Kier alpha value is -1.59. The lowest BCUT2D eigenvalue weighted by Crippen LogP contribution is -2.50. The summed E-state index contributed by atoms with van der Waals surface area (Å²) in [6, 6.07) is 12.0. The van der Waals surface area contributed by atoms with Gasteiger partial charge in [0, 0.05) is 29.7 Å². The van der Waals surface area contributed by atoms with Crippen molar-refractivity contribution in [3.8, 4) is 5.75 Å². The van der Waals surface area contributed by atoms with Crippen LogP contribution in [0.2, 0.25) is 0 Å². The van der Waals surface area contributed by atoms with Crippen LogP contribution in [0.4, 0.5) is 0 Å². The molecule has 0 radical (unpaired) electrons. The summed E-state index contributed by atoms with van der Waals surface area (Å²) in [6.07, 6.45) is 2.25. The van der Waals surface area contributed by atoms with Crippen LogP contribution in [0, 0.1) is 11.8 Å². The minimum absolute atomic E-state index is 0.00862. The highest BCUT2D eigenvalue weighted by Gasteiger charge is 2.54. The van der Waals surface area contributed by atoms with Crippen LogP contribution in [0.1, 0.15) is 63.3 Å². The lowest BCUT2D eigenvalue weighted by atomic mass is 9.53. The third kappa shape index (κ3) is 3.48. The number of halogens is 2. The van der Waals surface area contributed by atoms with Gasteiger partial charge >= 0.3 is 0 Å². The number of rotatable bonds is 4. The average molecular weight is 548 g/mol. The largest absolute Gasteiger partial charge is 0.506 e. The molecule has 1 saturated carbocycles. The Morgan fingerprint density at radius 2 is 1.84 bits per heavy atom. The number of carbonyl (C=O) groups excluding carboxylic acids is 1. The summed E-state index contributed by atoms with van der Waals surface area (Å²) in [5.41, 5.74) is 2.29. The van der Waals surface area contributed by atoms with Crippen molar-refractivity contribution in [3.05, 3.63) is 62.2 Å². The molecular weight excluding hydrogens is 520 g/mol. The molecule has 3 nitrogen and oxygen atoms in total. The molecule has 0 saturated heterocycles. The van der Waals surface area contributed by atoms with Crippen LogP contribution < -0.4 is 0 Å². The smallest absolute Gasteiger partial charge is 0.144 e. The van der Waals surface area contributed by atoms with E-state index in [1.165, 1.54) is 5.56 Å². The van der Waals surface area contributed by atoms with Gasteiger partial charge in [0.1, 0.15) is 22.9 Å². The van der Waals surface area contributed by atoms with Gasteiger partial charge in [-0.15, -0.1) is 0 Å². The van der Waals surface area contributed by atoms with Crippen LogP contribution in [0.5, 0.6) is 5.75 Å². The Kier molecular flexibility index (Phi) is 6.12. The molecule has 0 bridgehead atoms. The number of aromatic hydroxyl groups is 1. The van der Waals surface area contributed by atoms with Crippen molar-refractivity contribution < 1.29 is 14.3 Å². The van der Waals surface area contributed by atoms with Gasteiger partial charge in [-0.2, -0.15) is 0 Å². The van der Waals surface area contributed by atoms with Crippen molar-refractivity contribution in [2.45, 2.75) is 58.3 Å². The zero-order chi connectivity index (χ0) is 22.5. The first-order valence-electron chi connectivity index (χ1n) is 10.9. The summed E-state index contributed by atoms with van der Waals surface area (Å²) < 4.78 is 7.46. The highest BCUT2D eigenvalue weighted by atomic mass is 79.9. The number of phenolic OH excluding ortho intramolecular Hbond substituents is 1. The van der Waals surface area contributed by atoms with Gasteiger partial charge in [0.15, 0.2) is 0 Å². The van der Waals surface area contributed by atoms with E-state index in [1.54, 1.807) is 0 Å². The molecule has 3 unspecified atom stereocenters. The van der Waals surface area contributed by atoms with Gasteiger partial charge in [-0.1, -0.05) is 45.9 Å². The van der Waals surface area contributed by atoms with E-state index >= 15 is 0 Å². The first-order chi connectivity index (χ1) is 14.7. The van der Waals surface area contributed by atoms with Crippen molar-refractivity contribution in [1.82, 2.24) is 0 Å². The number of ketones is 1. The highest BCUT2D eigenvalue weighted by molar-refractivity contribution is 9.11. The minimum Gasteiger partial charge on any atom is -0.506 e. The predicted octanol–water partition coefficient (Wildman–Crippen LogP) is 7.90. The lowest BCUT2D eigenvalue weighted by molar-refractivity contribution is -0.131. The molecule has 1 fully saturated rings. The molecule has 0 spiro atoms. The predicted molar refractivity (Wildman–Crippen MR) is 132 cm³/mol. The van der Waals surface area contributed by atoms with Crippen LogP contribution >= 0.6 is 31.9 Å². The second-order valence-electron chi connectivity index (χ2n) is 9.12. The Morgan fingerprint density at radius 1 is 1.19 bits per heavy atom. The molecule has 1 aliphatic carbocycles. The van der Waals surface area contributed by atoms with Gasteiger partial charge in [0.05, 0.1) is 14.4 Å². The second-order valence-corrected chi connectivity index (χ2v) is 10.8. The third-order valence-electron chi connectivity index (χ3n) is 6.97. The molecule has 3 aromatic rings. The number of carbonyl (C=O) groups is 1. The molecule has 1 N–H and O–H groups in total. The van der Waals surface area contributed by atoms with Crippen molar-refractivity contribution in [1.29, 1.82) is 0 Å². The average Bonchev–Trinajstić information content (AvgIpc) is 3.09. The molecule has 4 rings (SSSR count). The summed E-state index contributed by atoms with van der Waals surface area (Å²) >= 11 is 6.99. The summed E-state index contributed by atoms with van der Waals surface area (Å²) in [4.78, 5) is 14.0. The first-order valence-corrected chi connectivity index (χ1v) is 12.5. The van der Waals surface area contributed by atoms with Crippen LogP contribution in [0.3, 0.4) is 0 Å². The SMILES string of the molecule is CCc1oc2ccccc2c1C1CC(C)CC(=O)C1(c1cc(Br)c(O)c(Br)c1)C(C)C. The quantitative estimate of drug-likeness (QED) is 0.361. The van der Waals surface area contributed by atoms with E-state index in [0.717, 1.165) is 35.1 Å². The Morgan fingerprint density at radius 3 is 2.45 bits per heavy atom. The molecule has 3 atom stereocenters. The molecule has 1 aromatic heterocycles. The first kappa shape index (κ1) is 22.6. The molecule has 0 aliphatic heterocycles. The van der Waals surface area contributed by atoms with Crippen molar-refractivity contribution in [3.63, 3.8) is 0 Å². The summed E-state index contributed by atoms with van der Waals surface area (Å²) in [5, 5.41) is 11.4. The second kappa shape index (κ2) is 8.40. The Bertz CT molecular complexity index is 1120. The summed E-state index contributed by atoms with van der Waals surface area (Å²) in [7, 11) is 0. The van der Waals surface area contributed by atoms with E-state index in [9.17, 15) is 9.90 Å². The number of hydrogen-bond acceptors (Lipinski definition) is 3. The fourth-order valence-corrected chi connectivity index (χ4v) is 6.87. The molecule has 164 valence electrons. The molecule has 1 aliphatic rings. The van der Waals surface area contributed by atoms with E-state index in [1.807, 2.05) is 30.3 Å². The van der Waals surface area contributed by atoms with E-state index < -0.39 is 5.41 Å². The van der Waals surface area contributed by atoms with Crippen molar-refractivity contribution in [2.75, 3.05) is 0 Å². The van der Waals surface area contributed by atoms with Gasteiger partial charge in [0.25, 0.3) is 0 Å². The molecule has 31 heavy (non-hydrogen) atoms.